The number of hydrogen-bond donors (Lipinski definition) is 0. The second kappa shape index (κ2) is 6.81. The minimum Gasteiger partial charge on any atom is -0.213 e. The lowest BCUT2D eigenvalue weighted by atomic mass is 10.1. The van der Waals surface area contributed by atoms with E-state index in [9.17, 15) is 8.42 Å². The first-order valence-electron chi connectivity index (χ1n) is 5.20. The summed E-state index contributed by atoms with van der Waals surface area (Å²) in [4.78, 5) is 0. The molecular weight excluding hydrogens is 212 g/mol. The van der Waals surface area contributed by atoms with Crippen LogP contribution in [0.25, 0.3) is 0 Å². The van der Waals surface area contributed by atoms with Crippen LogP contribution in [-0.2, 0) is 10.0 Å². The maximum atomic E-state index is 11.3. The number of sulfonamides is 1. The van der Waals surface area contributed by atoms with E-state index in [0.717, 1.165) is 12.8 Å². The molecule has 0 radical (unpaired) electrons. The van der Waals surface area contributed by atoms with Crippen LogP contribution in [0.15, 0.2) is 0 Å². The lowest BCUT2D eigenvalue weighted by Gasteiger charge is -2.18. The van der Waals surface area contributed by atoms with Gasteiger partial charge in [0.25, 0.3) is 0 Å². The van der Waals surface area contributed by atoms with Gasteiger partial charge in [-0.3, -0.25) is 0 Å². The normalized spacial score (nSPS) is 12.0. The molecule has 88 valence electrons. The van der Waals surface area contributed by atoms with Gasteiger partial charge in [-0.05, 0) is 18.8 Å². The van der Waals surface area contributed by atoms with E-state index in [1.54, 1.807) is 0 Å². The third kappa shape index (κ3) is 7.34. The third-order valence-electron chi connectivity index (χ3n) is 2.13. The highest BCUT2D eigenvalue weighted by Gasteiger charge is 2.15. The minimum atomic E-state index is -3.15. The molecule has 0 aliphatic rings. The first-order chi connectivity index (χ1) is 6.88. The Morgan fingerprint density at radius 1 is 1.33 bits per heavy atom. The van der Waals surface area contributed by atoms with Crippen LogP contribution in [0.2, 0.25) is 0 Å². The summed E-state index contributed by atoms with van der Waals surface area (Å²) in [5.41, 5.74) is 0. The molecule has 0 bridgehead atoms. The first kappa shape index (κ1) is 14.4. The molecule has 0 amide bonds. The van der Waals surface area contributed by atoms with Gasteiger partial charge in [0.15, 0.2) is 0 Å². The zero-order valence-electron chi connectivity index (χ0n) is 9.73. The molecule has 0 unspecified atom stereocenters. The largest absolute Gasteiger partial charge is 0.213 e. The molecule has 5 heteroatoms. The van der Waals surface area contributed by atoms with Crippen molar-refractivity contribution in [1.29, 1.82) is 5.26 Å². The molecule has 0 aromatic rings. The summed E-state index contributed by atoms with van der Waals surface area (Å²) < 4.78 is 24.0. The van der Waals surface area contributed by atoms with Gasteiger partial charge in [0.05, 0.1) is 12.3 Å². The lowest BCUT2D eigenvalue weighted by Crippen LogP contribution is -2.32. The molecule has 0 N–H and O–H groups in total. The van der Waals surface area contributed by atoms with E-state index in [1.807, 2.05) is 6.07 Å². The Kier molecular flexibility index (Phi) is 6.53. The van der Waals surface area contributed by atoms with Crippen molar-refractivity contribution in [3.8, 4) is 6.07 Å². The standard InChI is InChI=1S/C10H20N2O2S/c1-10(2)6-4-8-12(9-5-7-11)15(3,13)14/h10H,4-6,8-9H2,1-3H3. The van der Waals surface area contributed by atoms with E-state index in [2.05, 4.69) is 13.8 Å². The summed E-state index contributed by atoms with van der Waals surface area (Å²) in [6, 6.07) is 1.96. The van der Waals surface area contributed by atoms with Crippen LogP contribution in [0.4, 0.5) is 0 Å². The van der Waals surface area contributed by atoms with Gasteiger partial charge in [0.1, 0.15) is 0 Å². The summed E-state index contributed by atoms with van der Waals surface area (Å²) in [5, 5.41) is 8.42. The predicted octanol–water partition coefficient (Wildman–Crippen LogP) is 1.60. The third-order valence-corrected chi connectivity index (χ3v) is 3.43. The van der Waals surface area contributed by atoms with Crippen molar-refractivity contribution in [1.82, 2.24) is 4.31 Å². The van der Waals surface area contributed by atoms with Crippen LogP contribution < -0.4 is 0 Å². The number of rotatable bonds is 7. The summed E-state index contributed by atoms with van der Waals surface area (Å²) in [5.74, 6) is 0.586. The van der Waals surface area contributed by atoms with Crippen molar-refractivity contribution >= 4 is 10.0 Å². The monoisotopic (exact) mass is 232 g/mol. The van der Waals surface area contributed by atoms with Gasteiger partial charge in [0.2, 0.25) is 10.0 Å². The average Bonchev–Trinajstić information content (AvgIpc) is 2.08. The molecule has 0 aliphatic heterocycles. The van der Waals surface area contributed by atoms with Crippen molar-refractivity contribution in [2.45, 2.75) is 33.1 Å². The van der Waals surface area contributed by atoms with Crippen LogP contribution >= 0.6 is 0 Å². The van der Waals surface area contributed by atoms with Crippen LogP contribution in [0, 0.1) is 17.2 Å². The molecule has 15 heavy (non-hydrogen) atoms. The molecular formula is C10H20N2O2S. The number of hydrogen-bond acceptors (Lipinski definition) is 3. The maximum Gasteiger partial charge on any atom is 0.211 e. The molecule has 0 fully saturated rings. The highest BCUT2D eigenvalue weighted by atomic mass is 32.2. The molecule has 0 saturated carbocycles. The highest BCUT2D eigenvalue weighted by Crippen LogP contribution is 2.07. The van der Waals surface area contributed by atoms with Crippen molar-refractivity contribution in [2.75, 3.05) is 19.3 Å². The first-order valence-corrected chi connectivity index (χ1v) is 7.05. The molecule has 0 spiro atoms. The summed E-state index contributed by atoms with van der Waals surface area (Å²) in [6.07, 6.45) is 3.32. The van der Waals surface area contributed by atoms with Gasteiger partial charge >= 0.3 is 0 Å². The fraction of sp³-hybridized carbons (Fsp3) is 0.900. The zero-order valence-corrected chi connectivity index (χ0v) is 10.5. The van der Waals surface area contributed by atoms with Crippen LogP contribution in [0.1, 0.15) is 33.1 Å². The molecule has 0 saturated heterocycles. The smallest absolute Gasteiger partial charge is 0.211 e. The van der Waals surface area contributed by atoms with Gasteiger partial charge in [0, 0.05) is 19.5 Å². The zero-order chi connectivity index (χ0) is 11.9. The highest BCUT2D eigenvalue weighted by molar-refractivity contribution is 7.88. The predicted molar refractivity (Wildman–Crippen MR) is 60.7 cm³/mol. The molecule has 0 heterocycles. The van der Waals surface area contributed by atoms with Crippen LogP contribution in [0.5, 0.6) is 0 Å². The van der Waals surface area contributed by atoms with E-state index < -0.39 is 10.0 Å². The van der Waals surface area contributed by atoms with Crippen LogP contribution in [0.3, 0.4) is 0 Å². The fourth-order valence-electron chi connectivity index (χ4n) is 1.29. The Bertz CT molecular complexity index is 304. The van der Waals surface area contributed by atoms with Gasteiger partial charge < -0.3 is 0 Å². The topological polar surface area (TPSA) is 61.2 Å². The quantitative estimate of drug-likeness (QED) is 0.669. The second-order valence-electron chi connectivity index (χ2n) is 4.11. The number of nitriles is 1. The van der Waals surface area contributed by atoms with E-state index >= 15 is 0 Å². The molecule has 0 aliphatic carbocycles. The van der Waals surface area contributed by atoms with Crippen molar-refractivity contribution in [2.24, 2.45) is 5.92 Å². The Morgan fingerprint density at radius 2 is 1.93 bits per heavy atom. The van der Waals surface area contributed by atoms with Gasteiger partial charge in [-0.2, -0.15) is 5.26 Å². The van der Waals surface area contributed by atoms with Crippen molar-refractivity contribution in [3.05, 3.63) is 0 Å². The molecule has 0 aromatic carbocycles. The summed E-state index contributed by atoms with van der Waals surface area (Å²) in [6.45, 7) is 5.06. The SMILES string of the molecule is CC(C)CCCN(CCC#N)S(C)(=O)=O. The van der Waals surface area contributed by atoms with E-state index in [1.165, 1.54) is 10.6 Å². The van der Waals surface area contributed by atoms with Crippen LogP contribution in [-0.4, -0.2) is 32.1 Å². The van der Waals surface area contributed by atoms with E-state index in [4.69, 9.17) is 5.26 Å². The number of nitrogens with zero attached hydrogens (tertiary/aromatic N) is 2. The lowest BCUT2D eigenvalue weighted by molar-refractivity contribution is 0.395. The molecule has 0 atom stereocenters. The molecule has 0 rings (SSSR count). The Hall–Kier alpha value is -0.600. The van der Waals surface area contributed by atoms with Crippen molar-refractivity contribution < 1.29 is 8.42 Å². The average molecular weight is 232 g/mol. The van der Waals surface area contributed by atoms with Gasteiger partial charge in [-0.15, -0.1) is 0 Å². The van der Waals surface area contributed by atoms with Gasteiger partial charge in [-0.1, -0.05) is 13.8 Å². The Labute approximate surface area is 92.9 Å². The Morgan fingerprint density at radius 3 is 2.33 bits per heavy atom. The summed E-state index contributed by atoms with van der Waals surface area (Å²) in [7, 11) is -3.15. The fourth-order valence-corrected chi connectivity index (χ4v) is 2.18. The maximum absolute atomic E-state index is 11.3. The van der Waals surface area contributed by atoms with E-state index in [0.29, 0.717) is 19.0 Å². The molecule has 0 aromatic heterocycles. The second-order valence-corrected chi connectivity index (χ2v) is 6.09. The van der Waals surface area contributed by atoms with Gasteiger partial charge in [-0.25, -0.2) is 12.7 Å². The molecule has 4 nitrogen and oxygen atoms in total. The Balaban J connectivity index is 4.10. The van der Waals surface area contributed by atoms with Crippen molar-refractivity contribution in [3.63, 3.8) is 0 Å². The van der Waals surface area contributed by atoms with E-state index in [-0.39, 0.29) is 6.42 Å². The summed E-state index contributed by atoms with van der Waals surface area (Å²) >= 11 is 0. The minimum absolute atomic E-state index is 0.259.